The molecular weight excluding hydrogens is 496 g/mol. The van der Waals surface area contributed by atoms with E-state index in [0.717, 1.165) is 5.56 Å². The second-order valence-corrected chi connectivity index (χ2v) is 10.8. The Kier molecular flexibility index (Phi) is 7.57. The number of amides is 2. The van der Waals surface area contributed by atoms with Gasteiger partial charge in [-0.05, 0) is 44.2 Å². The summed E-state index contributed by atoms with van der Waals surface area (Å²) < 4.78 is 12.2. The molecule has 9 heteroatoms. The third-order valence-corrected chi connectivity index (χ3v) is 8.55. The van der Waals surface area contributed by atoms with Crippen molar-refractivity contribution in [3.05, 3.63) is 54.1 Å². The van der Waals surface area contributed by atoms with Gasteiger partial charge in [0.05, 0.1) is 35.4 Å². The van der Waals surface area contributed by atoms with Crippen LogP contribution in [0.2, 0.25) is 5.02 Å². The van der Waals surface area contributed by atoms with E-state index in [1.165, 1.54) is 9.80 Å². The van der Waals surface area contributed by atoms with E-state index < -0.39 is 41.0 Å². The van der Waals surface area contributed by atoms with Crippen LogP contribution in [0.1, 0.15) is 32.3 Å². The summed E-state index contributed by atoms with van der Waals surface area (Å²) in [5.41, 5.74) is -0.902. The van der Waals surface area contributed by atoms with Gasteiger partial charge < -0.3 is 24.4 Å². The van der Waals surface area contributed by atoms with Crippen molar-refractivity contribution in [2.45, 2.75) is 50.9 Å². The Morgan fingerprint density at radius 2 is 2.08 bits per heavy atom. The average molecular weight is 531 g/mol. The first-order chi connectivity index (χ1) is 17.6. The number of anilines is 1. The number of para-hydroxylation sites is 1. The van der Waals surface area contributed by atoms with Gasteiger partial charge >= 0.3 is 5.97 Å². The number of β-amino-alcohol motifs (C(OH)–C–C–N with tert-alkyl or cyclic N) is 1. The molecule has 3 saturated heterocycles. The van der Waals surface area contributed by atoms with Gasteiger partial charge in [-0.25, -0.2) is 0 Å². The maximum atomic E-state index is 14.4. The van der Waals surface area contributed by atoms with E-state index in [9.17, 15) is 19.5 Å². The molecule has 2 amide bonds. The Morgan fingerprint density at radius 3 is 2.70 bits per heavy atom. The number of aryl methyl sites for hydroxylation is 1. The van der Waals surface area contributed by atoms with Crippen molar-refractivity contribution in [2.75, 3.05) is 31.2 Å². The van der Waals surface area contributed by atoms with Crippen LogP contribution in [0.4, 0.5) is 5.69 Å². The molecule has 2 bridgehead atoms. The fraction of sp³-hybridized carbons (Fsp3) is 0.536. The van der Waals surface area contributed by atoms with Crippen LogP contribution in [-0.4, -0.2) is 71.3 Å². The van der Waals surface area contributed by atoms with Crippen LogP contribution in [-0.2, 0) is 23.9 Å². The van der Waals surface area contributed by atoms with Gasteiger partial charge in [0.1, 0.15) is 17.6 Å². The van der Waals surface area contributed by atoms with Crippen molar-refractivity contribution in [2.24, 2.45) is 17.8 Å². The number of benzene rings is 1. The highest BCUT2D eigenvalue weighted by Gasteiger charge is 2.80. The summed E-state index contributed by atoms with van der Waals surface area (Å²) >= 11 is 6.55. The molecule has 0 aliphatic carbocycles. The van der Waals surface area contributed by atoms with Crippen LogP contribution in [0, 0.1) is 24.7 Å². The fourth-order valence-corrected chi connectivity index (χ4v) is 6.91. The Balaban J connectivity index is 1.81. The summed E-state index contributed by atoms with van der Waals surface area (Å²) in [7, 11) is 0. The van der Waals surface area contributed by atoms with Gasteiger partial charge in [-0.15, -0.1) is 13.2 Å². The maximum Gasteiger partial charge on any atom is 0.312 e. The Morgan fingerprint density at radius 1 is 1.35 bits per heavy atom. The summed E-state index contributed by atoms with van der Waals surface area (Å²) in [6.07, 6.45) is 4.15. The smallest absolute Gasteiger partial charge is 0.312 e. The fourth-order valence-electron chi connectivity index (χ4n) is 6.59. The number of likely N-dealkylation sites (tertiary alicyclic amines) is 1. The van der Waals surface area contributed by atoms with E-state index in [4.69, 9.17) is 21.1 Å². The van der Waals surface area contributed by atoms with Crippen LogP contribution < -0.4 is 4.90 Å². The molecular formula is C28H35ClN2O6. The minimum absolute atomic E-state index is 0.0659. The first-order valence-corrected chi connectivity index (χ1v) is 13.0. The quantitative estimate of drug-likeness (QED) is 0.283. The SMILES string of the molecule is C=CCCOC(=O)[C@@H]1[C@H]2C(=O)N(CCO)C(C(=O)N(CC=C)c3c(C)cccc3Cl)C23CC(C)[C@@]1(C)O3. The van der Waals surface area contributed by atoms with Gasteiger partial charge in [-0.3, -0.25) is 14.4 Å². The molecule has 1 N–H and O–H groups in total. The molecule has 3 aliphatic heterocycles. The van der Waals surface area contributed by atoms with Crippen molar-refractivity contribution in [1.29, 1.82) is 0 Å². The second-order valence-electron chi connectivity index (χ2n) is 10.3. The molecule has 1 aromatic carbocycles. The average Bonchev–Trinajstić information content (AvgIpc) is 3.35. The molecule has 3 heterocycles. The van der Waals surface area contributed by atoms with Crippen molar-refractivity contribution in [1.82, 2.24) is 4.90 Å². The normalized spacial score (nSPS) is 31.8. The van der Waals surface area contributed by atoms with E-state index in [0.29, 0.717) is 23.6 Å². The molecule has 4 rings (SSSR count). The lowest BCUT2D eigenvalue weighted by atomic mass is 9.62. The molecule has 6 atom stereocenters. The van der Waals surface area contributed by atoms with Gasteiger partial charge in [-0.1, -0.05) is 42.8 Å². The predicted molar refractivity (Wildman–Crippen MR) is 140 cm³/mol. The monoisotopic (exact) mass is 530 g/mol. The third-order valence-electron chi connectivity index (χ3n) is 8.25. The number of nitrogens with zero attached hydrogens (tertiary/aromatic N) is 2. The Labute approximate surface area is 222 Å². The summed E-state index contributed by atoms with van der Waals surface area (Å²) in [6, 6.07) is 4.31. The number of carbonyl (C=O) groups is 3. The highest BCUT2D eigenvalue weighted by molar-refractivity contribution is 6.34. The van der Waals surface area contributed by atoms with Crippen LogP contribution in [0.15, 0.2) is 43.5 Å². The van der Waals surface area contributed by atoms with Crippen molar-refractivity contribution < 1.29 is 29.0 Å². The molecule has 0 radical (unpaired) electrons. The predicted octanol–water partition coefficient (Wildman–Crippen LogP) is 3.29. The summed E-state index contributed by atoms with van der Waals surface area (Å²) in [6.45, 7) is 13.0. The van der Waals surface area contributed by atoms with Crippen molar-refractivity contribution >= 4 is 35.1 Å². The van der Waals surface area contributed by atoms with E-state index in [2.05, 4.69) is 13.2 Å². The zero-order valence-corrected chi connectivity index (χ0v) is 22.4. The van der Waals surface area contributed by atoms with Crippen molar-refractivity contribution in [3.8, 4) is 0 Å². The number of rotatable bonds is 10. The summed E-state index contributed by atoms with van der Waals surface area (Å²) in [5, 5.41) is 10.2. The molecule has 37 heavy (non-hydrogen) atoms. The number of ether oxygens (including phenoxy) is 2. The largest absolute Gasteiger partial charge is 0.465 e. The van der Waals surface area contributed by atoms with Crippen LogP contribution >= 0.6 is 11.6 Å². The lowest BCUT2D eigenvalue weighted by Crippen LogP contribution is -2.57. The zero-order valence-electron chi connectivity index (χ0n) is 21.6. The number of hydrogen-bond acceptors (Lipinski definition) is 6. The van der Waals surface area contributed by atoms with Crippen LogP contribution in [0.5, 0.6) is 0 Å². The number of aliphatic hydroxyl groups is 1. The molecule has 3 aliphatic rings. The van der Waals surface area contributed by atoms with Gasteiger partial charge in [0, 0.05) is 13.1 Å². The first-order valence-electron chi connectivity index (χ1n) is 12.7. The van der Waals surface area contributed by atoms with Gasteiger partial charge in [-0.2, -0.15) is 0 Å². The summed E-state index contributed by atoms with van der Waals surface area (Å²) in [5.74, 6) is -3.18. The van der Waals surface area contributed by atoms with Gasteiger partial charge in [0.2, 0.25) is 5.91 Å². The molecule has 3 unspecified atom stereocenters. The topological polar surface area (TPSA) is 96.4 Å². The molecule has 1 spiro atoms. The number of aliphatic hydroxyl groups excluding tert-OH is 1. The van der Waals surface area contributed by atoms with Crippen LogP contribution in [0.25, 0.3) is 0 Å². The minimum atomic E-state index is -1.24. The Hall–Kier alpha value is -2.68. The molecule has 200 valence electrons. The Bertz CT molecular complexity index is 1100. The number of fused-ring (bicyclic) bond motifs is 1. The number of hydrogen-bond donors (Lipinski definition) is 1. The number of carbonyl (C=O) groups excluding carboxylic acids is 3. The second kappa shape index (κ2) is 10.2. The van der Waals surface area contributed by atoms with E-state index >= 15 is 0 Å². The van der Waals surface area contributed by atoms with E-state index in [1.807, 2.05) is 26.8 Å². The van der Waals surface area contributed by atoms with Gasteiger partial charge in [0.15, 0.2) is 0 Å². The molecule has 3 fully saturated rings. The molecule has 1 aromatic rings. The van der Waals surface area contributed by atoms with Crippen LogP contribution in [0.3, 0.4) is 0 Å². The minimum Gasteiger partial charge on any atom is -0.465 e. The maximum absolute atomic E-state index is 14.4. The highest BCUT2D eigenvalue weighted by Crippen LogP contribution is 2.65. The lowest BCUT2D eigenvalue weighted by molar-refractivity contribution is -0.161. The van der Waals surface area contributed by atoms with Crippen molar-refractivity contribution in [3.63, 3.8) is 0 Å². The van der Waals surface area contributed by atoms with E-state index in [1.54, 1.807) is 24.3 Å². The zero-order chi connectivity index (χ0) is 27.1. The number of esters is 1. The third kappa shape index (κ3) is 4.10. The van der Waals surface area contributed by atoms with E-state index in [-0.39, 0.29) is 38.1 Å². The standard InChI is InChI=1S/C28H35ClN2O6/c1-6-8-15-36-26(35)21-20-24(33)31(13-14-32)23(28(20)16-18(4)27(21,5)37-28)25(34)30(12-7-2)22-17(3)10-9-11-19(22)29/h6-7,9-11,18,20-21,23,32H,1-2,8,12-16H2,3-5H3/t18?,20-,21-,23?,27+,28?/m0/s1. The van der Waals surface area contributed by atoms with Gasteiger partial charge in [0.25, 0.3) is 5.91 Å². The number of halogens is 1. The summed E-state index contributed by atoms with van der Waals surface area (Å²) in [4.78, 5) is 44.6. The molecule has 8 nitrogen and oxygen atoms in total. The lowest BCUT2D eigenvalue weighted by Gasteiger charge is -2.37. The molecule has 0 aromatic heterocycles. The first kappa shape index (κ1) is 27.4. The highest BCUT2D eigenvalue weighted by atomic mass is 35.5. The molecule has 0 saturated carbocycles.